The average molecular weight is 471 g/mol. The second kappa shape index (κ2) is 15.1. The second-order valence-electron chi connectivity index (χ2n) is 7.97. The van der Waals surface area contributed by atoms with E-state index >= 15 is 0 Å². The molecule has 5 atom stereocenters. The fraction of sp³-hybridized carbons (Fsp3) is 0.950. The van der Waals surface area contributed by atoms with Crippen LogP contribution in [0.25, 0.3) is 0 Å². The highest BCUT2D eigenvalue weighted by Gasteiger charge is 2.49. The van der Waals surface area contributed by atoms with Crippen LogP contribution in [-0.4, -0.2) is 71.6 Å². The normalized spacial score (nSPS) is 26.7. The molecule has 0 saturated carbocycles. The summed E-state index contributed by atoms with van der Waals surface area (Å²) in [5, 5.41) is 29.1. The predicted octanol–water partition coefficient (Wildman–Crippen LogP) is 1.86. The minimum Gasteiger partial charge on any atom is -0.456 e. The Hall–Kier alpha value is -0.820. The van der Waals surface area contributed by atoms with Gasteiger partial charge in [0.1, 0.15) is 18.3 Å². The van der Waals surface area contributed by atoms with Crippen molar-refractivity contribution in [3.8, 4) is 0 Å². The molecule has 1 saturated heterocycles. The highest BCUT2D eigenvalue weighted by molar-refractivity contribution is 7.80. The Morgan fingerprint density at radius 2 is 1.42 bits per heavy atom. The lowest BCUT2D eigenvalue weighted by Crippen LogP contribution is -2.61. The Morgan fingerprint density at radius 1 is 0.903 bits per heavy atom. The summed E-state index contributed by atoms with van der Waals surface area (Å²) in [6.45, 7) is 1.40. The number of aliphatic hydroxyl groups excluding tert-OH is 3. The summed E-state index contributed by atoms with van der Waals surface area (Å²) in [6.07, 6.45) is 3.87. The molecule has 0 aromatic rings. The number of esters is 1. The molecule has 0 aromatic heterocycles. The number of carbonyl (C=O) groups is 1. The van der Waals surface area contributed by atoms with E-state index in [4.69, 9.17) is 14.0 Å². The average Bonchev–Trinajstić information content (AvgIpc) is 2.70. The molecule has 1 aliphatic rings. The molecule has 4 N–H and O–H groups in total. The van der Waals surface area contributed by atoms with Gasteiger partial charge in [0.05, 0.1) is 6.61 Å². The Kier molecular flexibility index (Phi) is 13.7. The summed E-state index contributed by atoms with van der Waals surface area (Å²) in [7, 11) is -4.99. The van der Waals surface area contributed by atoms with E-state index < -0.39 is 53.7 Å². The highest BCUT2D eigenvalue weighted by atomic mass is 32.3. The van der Waals surface area contributed by atoms with Gasteiger partial charge in [-0.1, -0.05) is 71.1 Å². The molecule has 1 unspecified atom stereocenters. The number of ether oxygens (including phenoxy) is 2. The smallest absolute Gasteiger partial charge is 0.397 e. The monoisotopic (exact) mass is 470 g/mol. The first-order chi connectivity index (χ1) is 14.7. The van der Waals surface area contributed by atoms with Gasteiger partial charge in [0.2, 0.25) is 0 Å². The van der Waals surface area contributed by atoms with Crippen LogP contribution in [0, 0.1) is 0 Å². The summed E-state index contributed by atoms with van der Waals surface area (Å²) in [5.74, 6) is -0.713. The van der Waals surface area contributed by atoms with E-state index in [2.05, 4.69) is 11.1 Å². The standard InChI is InChI=1S/C20H38O10S/c1-2-3-4-5-6-7-8-9-10-11-12-13-16(22)29-19-17(23)20(24)28-15(14-21)18(19)30-31(25,26)27/h15,17-21,23-24H,2-14H2,1H3,(H,25,26,27)/t15-,17-,18-,19-,20?/m1/s1. The lowest BCUT2D eigenvalue weighted by molar-refractivity contribution is -0.285. The number of aliphatic hydroxyl groups is 3. The molecule has 31 heavy (non-hydrogen) atoms. The minimum absolute atomic E-state index is 0.0412. The summed E-state index contributed by atoms with van der Waals surface area (Å²) in [4.78, 5) is 12.1. The van der Waals surface area contributed by atoms with Crippen molar-refractivity contribution in [2.24, 2.45) is 0 Å². The lowest BCUT2D eigenvalue weighted by atomic mass is 9.99. The summed E-state index contributed by atoms with van der Waals surface area (Å²) in [6, 6.07) is 0. The molecule has 1 rings (SSSR count). The molecule has 10 nitrogen and oxygen atoms in total. The maximum absolute atomic E-state index is 12.1. The van der Waals surface area contributed by atoms with Crippen LogP contribution in [-0.2, 0) is 28.9 Å². The second-order valence-corrected chi connectivity index (χ2v) is 9.01. The quantitative estimate of drug-likeness (QED) is 0.149. The summed E-state index contributed by atoms with van der Waals surface area (Å²) >= 11 is 0. The molecular formula is C20H38O10S. The third-order valence-corrected chi connectivity index (χ3v) is 5.76. The van der Waals surface area contributed by atoms with Crippen molar-refractivity contribution in [2.75, 3.05) is 6.61 Å². The van der Waals surface area contributed by atoms with Crippen LogP contribution in [0.4, 0.5) is 0 Å². The van der Waals surface area contributed by atoms with Crippen molar-refractivity contribution in [3.63, 3.8) is 0 Å². The summed E-state index contributed by atoms with van der Waals surface area (Å²) in [5.41, 5.74) is 0. The van der Waals surface area contributed by atoms with Crippen LogP contribution < -0.4 is 0 Å². The van der Waals surface area contributed by atoms with Gasteiger partial charge in [-0.2, -0.15) is 8.42 Å². The molecule has 0 aromatic carbocycles. The van der Waals surface area contributed by atoms with Crippen molar-refractivity contribution in [1.82, 2.24) is 0 Å². The number of rotatable bonds is 16. The number of unbranched alkanes of at least 4 members (excludes halogenated alkanes) is 10. The van der Waals surface area contributed by atoms with Gasteiger partial charge in [0.25, 0.3) is 0 Å². The molecule has 11 heteroatoms. The molecule has 1 aliphatic heterocycles. The first kappa shape index (κ1) is 28.2. The third-order valence-electron chi connectivity index (χ3n) is 5.30. The third kappa shape index (κ3) is 11.6. The van der Waals surface area contributed by atoms with Crippen LogP contribution in [0.3, 0.4) is 0 Å². The van der Waals surface area contributed by atoms with Gasteiger partial charge < -0.3 is 24.8 Å². The number of hydrogen-bond acceptors (Lipinski definition) is 9. The fourth-order valence-corrected chi connectivity index (χ4v) is 4.10. The van der Waals surface area contributed by atoms with E-state index in [-0.39, 0.29) is 6.42 Å². The Morgan fingerprint density at radius 3 is 1.90 bits per heavy atom. The molecule has 1 heterocycles. The molecular weight excluding hydrogens is 432 g/mol. The Balaban J connectivity index is 2.35. The van der Waals surface area contributed by atoms with Gasteiger partial charge in [0.15, 0.2) is 12.4 Å². The van der Waals surface area contributed by atoms with E-state index in [1.165, 1.54) is 44.9 Å². The first-order valence-corrected chi connectivity index (χ1v) is 12.5. The van der Waals surface area contributed by atoms with Crippen molar-refractivity contribution in [2.45, 2.75) is 115 Å². The van der Waals surface area contributed by atoms with Gasteiger partial charge in [-0.05, 0) is 6.42 Å². The maximum Gasteiger partial charge on any atom is 0.397 e. The van der Waals surface area contributed by atoms with Crippen LogP contribution in [0.1, 0.15) is 84.0 Å². The summed E-state index contributed by atoms with van der Waals surface area (Å²) < 4.78 is 45.5. The van der Waals surface area contributed by atoms with Crippen LogP contribution >= 0.6 is 0 Å². The van der Waals surface area contributed by atoms with Gasteiger partial charge >= 0.3 is 16.4 Å². The zero-order valence-corrected chi connectivity index (χ0v) is 19.0. The van der Waals surface area contributed by atoms with Gasteiger partial charge in [-0.15, -0.1) is 0 Å². The molecule has 0 aliphatic carbocycles. The van der Waals surface area contributed by atoms with Crippen molar-refractivity contribution in [1.29, 1.82) is 0 Å². The Bertz CT molecular complexity index is 597. The molecule has 0 bridgehead atoms. The van der Waals surface area contributed by atoms with E-state index in [1.807, 2.05) is 0 Å². The van der Waals surface area contributed by atoms with Crippen LogP contribution in [0.2, 0.25) is 0 Å². The zero-order chi connectivity index (χ0) is 23.3. The number of hydrogen-bond donors (Lipinski definition) is 4. The fourth-order valence-electron chi connectivity index (χ4n) is 3.59. The lowest BCUT2D eigenvalue weighted by Gasteiger charge is -2.40. The van der Waals surface area contributed by atoms with Gasteiger partial charge in [0, 0.05) is 6.42 Å². The van der Waals surface area contributed by atoms with Gasteiger partial charge in [-0.3, -0.25) is 9.35 Å². The van der Waals surface area contributed by atoms with E-state index in [0.717, 1.165) is 19.3 Å². The largest absolute Gasteiger partial charge is 0.456 e. The predicted molar refractivity (Wildman–Crippen MR) is 111 cm³/mol. The highest BCUT2D eigenvalue weighted by Crippen LogP contribution is 2.26. The molecule has 184 valence electrons. The van der Waals surface area contributed by atoms with Crippen molar-refractivity contribution < 1.29 is 46.7 Å². The molecule has 0 spiro atoms. The zero-order valence-electron chi connectivity index (χ0n) is 18.2. The number of carbonyl (C=O) groups excluding carboxylic acids is 1. The first-order valence-electron chi connectivity index (χ1n) is 11.2. The molecule has 1 fully saturated rings. The van der Waals surface area contributed by atoms with E-state index in [1.54, 1.807) is 0 Å². The van der Waals surface area contributed by atoms with E-state index in [9.17, 15) is 28.5 Å². The maximum atomic E-state index is 12.1. The SMILES string of the molecule is CCCCCCCCCCCCCC(=O)O[C@H]1[C@H](OS(=O)(=O)O)[C@@H](CO)OC(O)[C@@H]1O. The Labute approximate surface area is 184 Å². The minimum atomic E-state index is -4.99. The van der Waals surface area contributed by atoms with Crippen molar-refractivity contribution in [3.05, 3.63) is 0 Å². The van der Waals surface area contributed by atoms with Crippen molar-refractivity contribution >= 4 is 16.4 Å². The topological polar surface area (TPSA) is 160 Å². The molecule has 0 amide bonds. The van der Waals surface area contributed by atoms with E-state index in [0.29, 0.717) is 6.42 Å². The van der Waals surface area contributed by atoms with Crippen LogP contribution in [0.15, 0.2) is 0 Å². The van der Waals surface area contributed by atoms with Gasteiger partial charge in [-0.25, -0.2) is 4.18 Å². The molecule has 0 radical (unpaired) electrons. The van der Waals surface area contributed by atoms with Crippen LogP contribution in [0.5, 0.6) is 0 Å².